The fraction of sp³-hybridized carbons (Fsp3) is 0.211. The van der Waals surface area contributed by atoms with Gasteiger partial charge in [-0.05, 0) is 19.1 Å². The number of carbonyl (C=O) groups is 2. The van der Waals surface area contributed by atoms with E-state index in [1.807, 2.05) is 6.07 Å². The first-order valence-electron chi connectivity index (χ1n) is 8.51. The van der Waals surface area contributed by atoms with Crippen LogP contribution in [0.1, 0.15) is 26.6 Å². The smallest absolute Gasteiger partial charge is 0.361 e. The minimum Gasteiger partial charge on any atom is -0.452 e. The maximum Gasteiger partial charge on any atom is 0.361 e. The maximum absolute atomic E-state index is 12.4. The highest BCUT2D eigenvalue weighted by Crippen LogP contribution is 2.21. The summed E-state index contributed by atoms with van der Waals surface area (Å²) in [6.07, 6.45) is 0. The summed E-state index contributed by atoms with van der Waals surface area (Å²) in [4.78, 5) is 52.9. The highest BCUT2D eigenvalue weighted by molar-refractivity contribution is 6.02. The molecule has 2 aromatic heterocycles. The summed E-state index contributed by atoms with van der Waals surface area (Å²) in [7, 11) is 2.54. The normalized spacial score (nSPS) is 10.7. The number of benzene rings is 1. The lowest BCUT2D eigenvalue weighted by Gasteiger charge is -2.10. The van der Waals surface area contributed by atoms with E-state index in [0.717, 1.165) is 9.13 Å². The molecule has 0 saturated carbocycles. The Hall–Kier alpha value is -3.95. The molecule has 0 saturated heterocycles. The van der Waals surface area contributed by atoms with Gasteiger partial charge in [0.15, 0.2) is 12.3 Å². The molecule has 150 valence electrons. The van der Waals surface area contributed by atoms with Crippen LogP contribution in [0, 0.1) is 6.92 Å². The SMILES string of the molecule is Cc1oc(-c2ccccc2)nc1C(=O)OCC(=O)c1c(N)n(C)c(=O)n(C)c1=O. The van der Waals surface area contributed by atoms with Crippen LogP contribution in [0.4, 0.5) is 5.82 Å². The van der Waals surface area contributed by atoms with Crippen molar-refractivity contribution in [1.29, 1.82) is 0 Å². The minimum atomic E-state index is -0.887. The van der Waals surface area contributed by atoms with Crippen LogP contribution < -0.4 is 17.0 Å². The summed E-state index contributed by atoms with van der Waals surface area (Å²) in [5.41, 5.74) is 4.35. The Morgan fingerprint density at radius 3 is 2.45 bits per heavy atom. The first-order valence-corrected chi connectivity index (χ1v) is 8.51. The lowest BCUT2D eigenvalue weighted by Crippen LogP contribution is -2.42. The third-order valence-electron chi connectivity index (χ3n) is 4.33. The molecule has 1 aromatic carbocycles. The number of nitrogen functional groups attached to an aromatic ring is 1. The van der Waals surface area contributed by atoms with Gasteiger partial charge in [-0.3, -0.25) is 18.7 Å². The van der Waals surface area contributed by atoms with E-state index in [4.69, 9.17) is 14.9 Å². The third kappa shape index (κ3) is 3.59. The molecule has 2 heterocycles. The number of aromatic nitrogens is 3. The molecule has 0 amide bonds. The molecule has 0 fully saturated rings. The number of ketones is 1. The molecule has 0 bridgehead atoms. The molecule has 3 aromatic rings. The van der Waals surface area contributed by atoms with Gasteiger partial charge in [0.05, 0.1) is 0 Å². The van der Waals surface area contributed by atoms with E-state index in [1.165, 1.54) is 14.1 Å². The molecule has 0 aliphatic carbocycles. The van der Waals surface area contributed by atoms with Gasteiger partial charge in [0.25, 0.3) is 5.56 Å². The number of esters is 1. The number of anilines is 1. The second kappa shape index (κ2) is 7.58. The van der Waals surface area contributed by atoms with Gasteiger partial charge in [-0.2, -0.15) is 0 Å². The summed E-state index contributed by atoms with van der Waals surface area (Å²) >= 11 is 0. The van der Waals surface area contributed by atoms with Crippen molar-refractivity contribution in [3.05, 3.63) is 68.2 Å². The van der Waals surface area contributed by atoms with Gasteiger partial charge in [-0.15, -0.1) is 0 Å². The van der Waals surface area contributed by atoms with Crippen LogP contribution in [-0.4, -0.2) is 32.5 Å². The minimum absolute atomic E-state index is 0.0852. The van der Waals surface area contributed by atoms with Crippen LogP contribution in [0.5, 0.6) is 0 Å². The van der Waals surface area contributed by atoms with E-state index in [0.29, 0.717) is 5.56 Å². The second-order valence-corrected chi connectivity index (χ2v) is 6.26. The largest absolute Gasteiger partial charge is 0.452 e. The van der Waals surface area contributed by atoms with Crippen LogP contribution in [0.2, 0.25) is 0 Å². The molecular formula is C19H18N4O6. The van der Waals surface area contributed by atoms with E-state index in [1.54, 1.807) is 31.2 Å². The highest BCUT2D eigenvalue weighted by Gasteiger charge is 2.24. The lowest BCUT2D eigenvalue weighted by molar-refractivity contribution is 0.0467. The van der Waals surface area contributed by atoms with Crippen LogP contribution in [0.15, 0.2) is 44.3 Å². The van der Waals surface area contributed by atoms with Crippen LogP contribution >= 0.6 is 0 Å². The second-order valence-electron chi connectivity index (χ2n) is 6.26. The number of rotatable bonds is 5. The summed E-state index contributed by atoms with van der Waals surface area (Å²) < 4.78 is 12.2. The Labute approximate surface area is 164 Å². The number of nitrogens with two attached hydrogens (primary N) is 1. The first-order chi connectivity index (χ1) is 13.7. The Bertz CT molecular complexity index is 1220. The predicted molar refractivity (Wildman–Crippen MR) is 103 cm³/mol. The molecular weight excluding hydrogens is 380 g/mol. The highest BCUT2D eigenvalue weighted by atomic mass is 16.5. The predicted octanol–water partition coefficient (Wildman–Crippen LogP) is 0.669. The lowest BCUT2D eigenvalue weighted by atomic mass is 10.2. The summed E-state index contributed by atoms with van der Waals surface area (Å²) in [5, 5.41) is 0. The third-order valence-corrected chi connectivity index (χ3v) is 4.33. The summed E-state index contributed by atoms with van der Waals surface area (Å²) in [6, 6.07) is 8.95. The summed E-state index contributed by atoms with van der Waals surface area (Å²) in [6.45, 7) is 0.794. The number of aryl methyl sites for hydroxylation is 1. The Kier molecular flexibility index (Phi) is 5.18. The molecule has 29 heavy (non-hydrogen) atoms. The number of ether oxygens (including phenoxy) is 1. The van der Waals surface area contributed by atoms with Crippen molar-refractivity contribution in [2.45, 2.75) is 6.92 Å². The molecule has 0 aliphatic rings. The van der Waals surface area contributed by atoms with Crippen molar-refractivity contribution >= 4 is 17.6 Å². The van der Waals surface area contributed by atoms with Crippen LogP contribution in [0.3, 0.4) is 0 Å². The molecule has 0 aliphatic heterocycles. The molecule has 2 N–H and O–H groups in total. The fourth-order valence-corrected chi connectivity index (χ4v) is 2.68. The van der Waals surface area contributed by atoms with Gasteiger partial charge < -0.3 is 14.9 Å². The van der Waals surface area contributed by atoms with Gasteiger partial charge in [0.1, 0.15) is 17.1 Å². The monoisotopic (exact) mass is 398 g/mol. The van der Waals surface area contributed by atoms with Crippen molar-refractivity contribution in [2.24, 2.45) is 14.1 Å². The maximum atomic E-state index is 12.4. The number of Topliss-reactive ketones (excluding diaryl/α,β-unsaturated/α-hetero) is 1. The zero-order valence-electron chi connectivity index (χ0n) is 16.0. The van der Waals surface area contributed by atoms with Crippen LogP contribution in [0.25, 0.3) is 11.5 Å². The van der Waals surface area contributed by atoms with Crippen molar-refractivity contribution in [3.63, 3.8) is 0 Å². The quantitative estimate of drug-likeness (QED) is 0.489. The van der Waals surface area contributed by atoms with Crippen molar-refractivity contribution in [2.75, 3.05) is 12.3 Å². The van der Waals surface area contributed by atoms with Crippen molar-refractivity contribution in [3.8, 4) is 11.5 Å². The summed E-state index contributed by atoms with van der Waals surface area (Å²) in [5.74, 6) is -1.57. The van der Waals surface area contributed by atoms with E-state index >= 15 is 0 Å². The van der Waals surface area contributed by atoms with E-state index in [9.17, 15) is 19.2 Å². The van der Waals surface area contributed by atoms with Gasteiger partial charge in [0, 0.05) is 19.7 Å². The number of carbonyl (C=O) groups excluding carboxylic acids is 2. The first kappa shape index (κ1) is 19.8. The Balaban J connectivity index is 1.80. The Morgan fingerprint density at radius 2 is 1.79 bits per heavy atom. The average molecular weight is 398 g/mol. The molecule has 0 unspecified atom stereocenters. The molecule has 10 heteroatoms. The standard InChI is InChI=1S/C19H18N4O6/c1-10-14(21-16(29-10)11-7-5-4-6-8-11)18(26)28-9-12(24)13-15(20)22(2)19(27)23(3)17(13)25/h4-8H,9,20H2,1-3H3. The molecule has 0 atom stereocenters. The number of nitrogens with zero attached hydrogens (tertiary/aromatic N) is 3. The van der Waals surface area contributed by atoms with Crippen LogP contribution in [-0.2, 0) is 18.8 Å². The van der Waals surface area contributed by atoms with Gasteiger partial charge in [-0.25, -0.2) is 14.6 Å². The van der Waals surface area contributed by atoms with Crippen molar-refractivity contribution < 1.29 is 18.7 Å². The van der Waals surface area contributed by atoms with Gasteiger partial charge >= 0.3 is 11.7 Å². The van der Waals surface area contributed by atoms with Gasteiger partial charge in [0.2, 0.25) is 11.7 Å². The van der Waals surface area contributed by atoms with Crippen molar-refractivity contribution in [1.82, 2.24) is 14.1 Å². The molecule has 3 rings (SSSR count). The zero-order valence-corrected chi connectivity index (χ0v) is 16.0. The van der Waals surface area contributed by atoms with E-state index in [2.05, 4.69) is 4.98 Å². The Morgan fingerprint density at radius 1 is 1.14 bits per heavy atom. The number of hydrogen-bond donors (Lipinski definition) is 1. The fourth-order valence-electron chi connectivity index (χ4n) is 2.68. The molecule has 10 nitrogen and oxygen atoms in total. The number of oxazole rings is 1. The molecule has 0 spiro atoms. The topological polar surface area (TPSA) is 139 Å². The zero-order chi connectivity index (χ0) is 21.3. The van der Waals surface area contributed by atoms with E-state index in [-0.39, 0.29) is 23.2 Å². The molecule has 0 radical (unpaired) electrons. The van der Waals surface area contributed by atoms with E-state index < -0.39 is 35.2 Å². The average Bonchev–Trinajstić information content (AvgIpc) is 3.11. The van der Waals surface area contributed by atoms with Gasteiger partial charge in [-0.1, -0.05) is 18.2 Å². The number of hydrogen-bond acceptors (Lipinski definition) is 8.